The van der Waals surface area contributed by atoms with Crippen molar-refractivity contribution in [2.24, 2.45) is 17.8 Å². The van der Waals surface area contributed by atoms with E-state index in [2.05, 4.69) is 0 Å². The molecule has 3 aromatic rings. The Labute approximate surface area is 212 Å². The summed E-state index contributed by atoms with van der Waals surface area (Å²) in [6.07, 6.45) is 1.92. The lowest BCUT2D eigenvalue weighted by molar-refractivity contribution is -0.384. The number of nitrogens with zero attached hydrogens (tertiary/aromatic N) is 2. The van der Waals surface area contributed by atoms with E-state index >= 15 is 0 Å². The first-order valence-electron chi connectivity index (χ1n) is 12.0. The van der Waals surface area contributed by atoms with Crippen molar-refractivity contribution in [1.82, 2.24) is 0 Å². The average molecular weight is 495 g/mol. The molecular weight excluding hydrogens is 472 g/mol. The average Bonchev–Trinajstić information content (AvgIpc) is 3.14. The van der Waals surface area contributed by atoms with E-state index in [0.717, 1.165) is 21.6 Å². The lowest BCUT2D eigenvalue weighted by Crippen LogP contribution is -2.42. The minimum Gasteiger partial charge on any atom is -0.425 e. The zero-order valence-corrected chi connectivity index (χ0v) is 20.1. The molecule has 8 nitrogen and oxygen atoms in total. The number of esters is 1. The maximum atomic E-state index is 14.0. The number of aryl methyl sites for hydroxylation is 2. The van der Waals surface area contributed by atoms with E-state index in [1.807, 2.05) is 55.5 Å². The molecule has 184 valence electrons. The summed E-state index contributed by atoms with van der Waals surface area (Å²) in [7, 11) is 0. The van der Waals surface area contributed by atoms with Crippen LogP contribution >= 0.6 is 0 Å². The van der Waals surface area contributed by atoms with Gasteiger partial charge in [0, 0.05) is 23.6 Å². The highest BCUT2D eigenvalue weighted by molar-refractivity contribution is 6.25. The lowest BCUT2D eigenvalue weighted by Gasteiger charge is -2.38. The van der Waals surface area contributed by atoms with Crippen LogP contribution in [0.5, 0.6) is 5.75 Å². The summed E-state index contributed by atoms with van der Waals surface area (Å²) in [5, 5.41) is 11.4. The Balaban J connectivity index is 1.55. The van der Waals surface area contributed by atoms with Crippen molar-refractivity contribution in [3.8, 4) is 5.75 Å². The summed E-state index contributed by atoms with van der Waals surface area (Å²) in [6.45, 7) is 3.59. The molecule has 8 heteroatoms. The zero-order chi connectivity index (χ0) is 26.0. The summed E-state index contributed by atoms with van der Waals surface area (Å²) in [6, 6.07) is 19.1. The molecule has 0 spiro atoms. The molecule has 1 fully saturated rings. The van der Waals surface area contributed by atoms with Crippen LogP contribution in [-0.2, 0) is 14.4 Å². The van der Waals surface area contributed by atoms with Gasteiger partial charge in [-0.25, -0.2) is 4.90 Å². The molecule has 0 bridgehead atoms. The van der Waals surface area contributed by atoms with Gasteiger partial charge in [-0.15, -0.1) is 0 Å². The second-order valence-electron chi connectivity index (χ2n) is 9.75. The SMILES string of the molecule is Cc1ccc2c(c1)OC(=O)[C@@H]1C2=C[C@H](c2ccccc2)[C@@H]2C(=O)N(c3cc([N+](=O)[O-])ccc3C)C(=O)[C@H]12. The number of imide groups is 1. The topological polar surface area (TPSA) is 107 Å². The third-order valence-corrected chi connectivity index (χ3v) is 7.58. The van der Waals surface area contributed by atoms with Crippen molar-refractivity contribution in [3.05, 3.63) is 105 Å². The lowest BCUT2D eigenvalue weighted by atomic mass is 9.64. The first kappa shape index (κ1) is 22.8. The number of carbonyl (C=O) groups excluding carboxylic acids is 3. The van der Waals surface area contributed by atoms with Gasteiger partial charge in [-0.2, -0.15) is 0 Å². The molecule has 0 N–H and O–H groups in total. The maximum Gasteiger partial charge on any atom is 0.319 e. The number of carbonyl (C=O) groups is 3. The molecule has 0 aromatic heterocycles. The highest BCUT2D eigenvalue weighted by atomic mass is 16.6. The standard InChI is InChI=1S/C29H22N2O6/c1-15-8-11-19-21-14-20(17-6-4-3-5-7-17)24-26(25(21)29(34)37-23(19)12-15)28(33)30(27(24)32)22-13-18(31(35)36)10-9-16(22)2/h3-14,20,24-26H,1-2H3/t20-,24+,25-,26+/m1/s1. The fourth-order valence-electron chi connectivity index (χ4n) is 5.86. The van der Waals surface area contributed by atoms with Crippen LogP contribution in [0.15, 0.2) is 72.8 Å². The van der Waals surface area contributed by atoms with E-state index in [1.54, 1.807) is 13.0 Å². The Kier molecular flexibility index (Phi) is 5.08. The van der Waals surface area contributed by atoms with Crippen LogP contribution in [0, 0.1) is 41.7 Å². The molecule has 2 heterocycles. The van der Waals surface area contributed by atoms with Gasteiger partial charge in [0.25, 0.3) is 5.69 Å². The summed E-state index contributed by atoms with van der Waals surface area (Å²) >= 11 is 0. The van der Waals surface area contributed by atoms with E-state index in [-0.39, 0.29) is 11.4 Å². The van der Waals surface area contributed by atoms with Crippen LogP contribution in [0.25, 0.3) is 5.57 Å². The predicted octanol–water partition coefficient (Wildman–Crippen LogP) is 4.73. The molecule has 0 unspecified atom stereocenters. The van der Waals surface area contributed by atoms with Crippen LogP contribution in [0.3, 0.4) is 0 Å². The fourth-order valence-corrected chi connectivity index (χ4v) is 5.86. The maximum absolute atomic E-state index is 14.0. The van der Waals surface area contributed by atoms with E-state index in [0.29, 0.717) is 16.9 Å². The monoisotopic (exact) mass is 494 g/mol. The van der Waals surface area contributed by atoms with E-state index < -0.39 is 46.4 Å². The summed E-state index contributed by atoms with van der Waals surface area (Å²) in [5.41, 5.74) is 3.64. The quantitative estimate of drug-likeness (QED) is 0.171. The van der Waals surface area contributed by atoms with Gasteiger partial charge in [-0.3, -0.25) is 24.5 Å². The minimum atomic E-state index is -1.00. The number of benzene rings is 3. The van der Waals surface area contributed by atoms with Crippen LogP contribution in [0.1, 0.15) is 28.2 Å². The normalized spacial score (nSPS) is 24.1. The number of non-ortho nitro benzene ring substituents is 1. The number of nitro groups is 1. The zero-order valence-electron chi connectivity index (χ0n) is 20.1. The highest BCUT2D eigenvalue weighted by Gasteiger charge is 2.60. The third-order valence-electron chi connectivity index (χ3n) is 7.58. The Morgan fingerprint density at radius 2 is 1.62 bits per heavy atom. The molecule has 2 aliphatic heterocycles. The molecule has 37 heavy (non-hydrogen) atoms. The van der Waals surface area contributed by atoms with Gasteiger partial charge in [0.15, 0.2) is 0 Å². The van der Waals surface area contributed by atoms with E-state index in [4.69, 9.17) is 4.74 Å². The van der Waals surface area contributed by atoms with Crippen molar-refractivity contribution in [2.45, 2.75) is 19.8 Å². The second-order valence-corrected chi connectivity index (χ2v) is 9.75. The summed E-state index contributed by atoms with van der Waals surface area (Å²) < 4.78 is 5.68. The number of nitro benzene ring substituents is 1. The Morgan fingerprint density at radius 3 is 2.35 bits per heavy atom. The van der Waals surface area contributed by atoms with Gasteiger partial charge in [-0.05, 0) is 42.2 Å². The largest absolute Gasteiger partial charge is 0.425 e. The molecule has 1 aliphatic carbocycles. The first-order chi connectivity index (χ1) is 17.8. The molecule has 3 aromatic carbocycles. The number of ether oxygens (including phenoxy) is 1. The number of anilines is 1. The number of fused-ring (bicyclic) bond motifs is 5. The van der Waals surface area contributed by atoms with E-state index in [9.17, 15) is 24.5 Å². The summed E-state index contributed by atoms with van der Waals surface area (Å²) in [5.74, 6) is -4.47. The van der Waals surface area contributed by atoms with Crippen LogP contribution < -0.4 is 9.64 Å². The van der Waals surface area contributed by atoms with Crippen molar-refractivity contribution < 1.29 is 24.0 Å². The summed E-state index contributed by atoms with van der Waals surface area (Å²) in [4.78, 5) is 53.3. The number of hydrogen-bond acceptors (Lipinski definition) is 6. The number of rotatable bonds is 3. The van der Waals surface area contributed by atoms with Gasteiger partial charge in [0.2, 0.25) is 11.8 Å². The van der Waals surface area contributed by atoms with Gasteiger partial charge in [0.1, 0.15) is 5.75 Å². The van der Waals surface area contributed by atoms with Crippen molar-refractivity contribution >= 4 is 34.7 Å². The molecule has 1 saturated heterocycles. The van der Waals surface area contributed by atoms with Crippen LogP contribution in [0.4, 0.5) is 11.4 Å². The predicted molar refractivity (Wildman–Crippen MR) is 135 cm³/mol. The first-order valence-corrected chi connectivity index (χ1v) is 12.0. The minimum absolute atomic E-state index is 0.159. The van der Waals surface area contributed by atoms with Crippen molar-refractivity contribution in [1.29, 1.82) is 0 Å². The smallest absolute Gasteiger partial charge is 0.319 e. The van der Waals surface area contributed by atoms with Crippen molar-refractivity contribution in [2.75, 3.05) is 4.90 Å². The Morgan fingerprint density at radius 1 is 0.892 bits per heavy atom. The molecular formula is C29H22N2O6. The van der Waals surface area contributed by atoms with Gasteiger partial charge < -0.3 is 4.74 Å². The Bertz CT molecular complexity index is 1540. The molecule has 0 radical (unpaired) electrons. The van der Waals surface area contributed by atoms with Crippen LogP contribution in [0.2, 0.25) is 0 Å². The number of amides is 2. The number of allylic oxidation sites excluding steroid dienone is 1. The number of hydrogen-bond donors (Lipinski definition) is 0. The molecule has 0 saturated carbocycles. The molecule has 4 atom stereocenters. The van der Waals surface area contributed by atoms with E-state index in [1.165, 1.54) is 18.2 Å². The molecule has 2 amide bonds. The third kappa shape index (κ3) is 3.40. The van der Waals surface area contributed by atoms with Crippen LogP contribution in [-0.4, -0.2) is 22.7 Å². The van der Waals surface area contributed by atoms with Gasteiger partial charge in [-0.1, -0.05) is 54.6 Å². The van der Waals surface area contributed by atoms with Gasteiger partial charge in [0.05, 0.1) is 28.4 Å². The van der Waals surface area contributed by atoms with Gasteiger partial charge >= 0.3 is 5.97 Å². The molecule has 3 aliphatic rings. The fraction of sp³-hybridized carbons (Fsp3) is 0.207. The molecule has 6 rings (SSSR count). The highest BCUT2D eigenvalue weighted by Crippen LogP contribution is 2.55. The second kappa shape index (κ2) is 8.23. The van der Waals surface area contributed by atoms with Crippen molar-refractivity contribution in [3.63, 3.8) is 0 Å². The Hall–Kier alpha value is -4.59.